The Morgan fingerprint density at radius 2 is 1.91 bits per heavy atom. The molecule has 6 nitrogen and oxygen atoms in total. The van der Waals surface area contributed by atoms with Gasteiger partial charge in [0.15, 0.2) is 0 Å². The third kappa shape index (κ3) is 5.51. The molecule has 172 valence electrons. The average molecular weight is 449 g/mol. The fourth-order valence-electron chi connectivity index (χ4n) is 3.74. The van der Waals surface area contributed by atoms with Crippen LogP contribution in [-0.2, 0) is 10.9 Å². The zero-order valence-corrected chi connectivity index (χ0v) is 17.8. The Kier molecular flexibility index (Phi) is 6.55. The van der Waals surface area contributed by atoms with E-state index in [0.29, 0.717) is 44.3 Å². The Morgan fingerprint density at radius 1 is 1.16 bits per heavy atom. The van der Waals surface area contributed by atoms with E-state index in [2.05, 4.69) is 10.3 Å². The SMILES string of the molecule is COC1CCN(c2ccc(NC(=O)c3ccc(OCC4CC4)nc3)cc2C(F)(F)F)CC1. The van der Waals surface area contributed by atoms with Gasteiger partial charge in [0, 0.05) is 43.8 Å². The molecule has 2 aliphatic rings. The molecule has 2 fully saturated rings. The number of nitrogens with zero attached hydrogens (tertiary/aromatic N) is 2. The minimum Gasteiger partial charge on any atom is -0.477 e. The fourth-order valence-corrected chi connectivity index (χ4v) is 3.74. The number of aromatic nitrogens is 1. The van der Waals surface area contributed by atoms with Crippen LogP contribution in [0.3, 0.4) is 0 Å². The van der Waals surface area contributed by atoms with Crippen molar-refractivity contribution in [3.05, 3.63) is 47.7 Å². The number of piperidine rings is 1. The van der Waals surface area contributed by atoms with Gasteiger partial charge in [-0.15, -0.1) is 0 Å². The van der Waals surface area contributed by atoms with Gasteiger partial charge in [0.1, 0.15) is 0 Å². The fraction of sp³-hybridized carbons (Fsp3) is 0.478. The van der Waals surface area contributed by atoms with Gasteiger partial charge in [0.2, 0.25) is 5.88 Å². The third-order valence-electron chi connectivity index (χ3n) is 5.84. The van der Waals surface area contributed by atoms with Crippen molar-refractivity contribution in [2.24, 2.45) is 5.92 Å². The van der Waals surface area contributed by atoms with Gasteiger partial charge in [0.05, 0.1) is 23.8 Å². The maximum absolute atomic E-state index is 13.8. The summed E-state index contributed by atoms with van der Waals surface area (Å²) >= 11 is 0. The molecule has 1 saturated carbocycles. The van der Waals surface area contributed by atoms with Crippen LogP contribution in [0.5, 0.6) is 5.88 Å². The predicted octanol–water partition coefficient (Wildman–Crippen LogP) is 4.76. The molecule has 0 radical (unpaired) electrons. The Balaban J connectivity index is 1.45. The van der Waals surface area contributed by atoms with Crippen molar-refractivity contribution in [2.75, 3.05) is 37.0 Å². The molecule has 1 aliphatic heterocycles. The highest BCUT2D eigenvalue weighted by molar-refractivity contribution is 6.04. The Morgan fingerprint density at radius 3 is 2.50 bits per heavy atom. The molecule has 1 saturated heterocycles. The number of alkyl halides is 3. The van der Waals surface area contributed by atoms with Crippen LogP contribution in [-0.4, -0.2) is 43.8 Å². The number of ether oxygens (including phenoxy) is 2. The van der Waals surface area contributed by atoms with Crippen molar-refractivity contribution in [3.63, 3.8) is 0 Å². The third-order valence-corrected chi connectivity index (χ3v) is 5.84. The highest BCUT2D eigenvalue weighted by Crippen LogP contribution is 2.39. The Labute approximate surface area is 184 Å². The second-order valence-corrected chi connectivity index (χ2v) is 8.25. The number of rotatable bonds is 7. The number of anilines is 2. The number of carbonyl (C=O) groups is 1. The Bertz CT molecular complexity index is 938. The first-order valence-electron chi connectivity index (χ1n) is 10.7. The van der Waals surface area contributed by atoms with E-state index < -0.39 is 17.6 Å². The van der Waals surface area contributed by atoms with Gasteiger partial charge in [-0.3, -0.25) is 4.79 Å². The topological polar surface area (TPSA) is 63.7 Å². The summed E-state index contributed by atoms with van der Waals surface area (Å²) in [5.41, 5.74) is -0.341. The van der Waals surface area contributed by atoms with E-state index in [1.165, 1.54) is 18.3 Å². The molecule has 2 heterocycles. The van der Waals surface area contributed by atoms with Crippen molar-refractivity contribution in [2.45, 2.75) is 38.0 Å². The van der Waals surface area contributed by atoms with E-state index in [1.807, 2.05) is 0 Å². The highest BCUT2D eigenvalue weighted by Gasteiger charge is 2.36. The quantitative estimate of drug-likeness (QED) is 0.661. The van der Waals surface area contributed by atoms with Crippen molar-refractivity contribution >= 4 is 17.3 Å². The van der Waals surface area contributed by atoms with Crippen LogP contribution >= 0.6 is 0 Å². The molecule has 0 atom stereocenters. The van der Waals surface area contributed by atoms with Crippen LogP contribution in [0.25, 0.3) is 0 Å². The largest absolute Gasteiger partial charge is 0.477 e. The number of pyridine rings is 1. The zero-order valence-electron chi connectivity index (χ0n) is 17.8. The van der Waals surface area contributed by atoms with Crippen LogP contribution in [0.4, 0.5) is 24.5 Å². The molecule has 4 rings (SSSR count). The summed E-state index contributed by atoms with van der Waals surface area (Å²) < 4.78 is 52.2. The molecule has 1 aromatic heterocycles. The van der Waals surface area contributed by atoms with Gasteiger partial charge in [-0.1, -0.05) is 0 Å². The van der Waals surface area contributed by atoms with Gasteiger partial charge < -0.3 is 19.7 Å². The normalized spacial score (nSPS) is 17.3. The maximum Gasteiger partial charge on any atom is 0.418 e. The molecule has 0 unspecified atom stereocenters. The molecular weight excluding hydrogens is 423 g/mol. The van der Waals surface area contributed by atoms with Crippen molar-refractivity contribution < 1.29 is 27.4 Å². The highest BCUT2D eigenvalue weighted by atomic mass is 19.4. The first kappa shape index (κ1) is 22.4. The summed E-state index contributed by atoms with van der Waals surface area (Å²) in [7, 11) is 1.61. The molecule has 9 heteroatoms. The lowest BCUT2D eigenvalue weighted by Crippen LogP contribution is -2.37. The summed E-state index contributed by atoms with van der Waals surface area (Å²) in [4.78, 5) is 18.3. The Hall–Kier alpha value is -2.81. The van der Waals surface area contributed by atoms with E-state index in [0.717, 1.165) is 18.9 Å². The lowest BCUT2D eigenvalue weighted by molar-refractivity contribution is -0.137. The number of amides is 1. The minimum atomic E-state index is -4.55. The molecule has 1 amide bonds. The van der Waals surface area contributed by atoms with Crippen LogP contribution < -0.4 is 15.0 Å². The van der Waals surface area contributed by atoms with Crippen LogP contribution in [0.2, 0.25) is 0 Å². The van der Waals surface area contributed by atoms with Crippen molar-refractivity contribution in [1.82, 2.24) is 4.98 Å². The van der Waals surface area contributed by atoms with E-state index in [9.17, 15) is 18.0 Å². The van der Waals surface area contributed by atoms with Gasteiger partial charge >= 0.3 is 6.18 Å². The number of benzene rings is 1. The maximum atomic E-state index is 13.8. The second kappa shape index (κ2) is 9.36. The number of hydrogen-bond donors (Lipinski definition) is 1. The number of hydrogen-bond acceptors (Lipinski definition) is 5. The summed E-state index contributed by atoms with van der Waals surface area (Å²) in [6.07, 6.45) is 0.528. The number of nitrogens with one attached hydrogen (secondary N) is 1. The van der Waals surface area contributed by atoms with E-state index >= 15 is 0 Å². The van der Waals surface area contributed by atoms with E-state index in [1.54, 1.807) is 24.1 Å². The predicted molar refractivity (Wildman–Crippen MR) is 114 cm³/mol. The van der Waals surface area contributed by atoms with Gasteiger partial charge in [-0.25, -0.2) is 4.98 Å². The summed E-state index contributed by atoms with van der Waals surface area (Å²) in [6.45, 7) is 1.57. The molecule has 32 heavy (non-hydrogen) atoms. The first-order valence-corrected chi connectivity index (χ1v) is 10.7. The molecule has 1 aromatic carbocycles. The molecular formula is C23H26F3N3O3. The van der Waals surface area contributed by atoms with E-state index in [4.69, 9.17) is 9.47 Å². The van der Waals surface area contributed by atoms with Crippen LogP contribution in [0, 0.1) is 5.92 Å². The smallest absolute Gasteiger partial charge is 0.418 e. The zero-order chi connectivity index (χ0) is 22.7. The monoisotopic (exact) mass is 449 g/mol. The molecule has 0 spiro atoms. The molecule has 1 aliphatic carbocycles. The van der Waals surface area contributed by atoms with Crippen molar-refractivity contribution in [3.8, 4) is 5.88 Å². The summed E-state index contributed by atoms with van der Waals surface area (Å²) in [5, 5.41) is 2.54. The average Bonchev–Trinajstić information content (AvgIpc) is 3.62. The van der Waals surface area contributed by atoms with Crippen molar-refractivity contribution in [1.29, 1.82) is 0 Å². The van der Waals surface area contributed by atoms with E-state index in [-0.39, 0.29) is 23.0 Å². The lowest BCUT2D eigenvalue weighted by atomic mass is 10.0. The summed E-state index contributed by atoms with van der Waals surface area (Å²) in [5.74, 6) is 0.472. The van der Waals surface area contributed by atoms with Gasteiger partial charge in [-0.05, 0) is 55.9 Å². The lowest BCUT2D eigenvalue weighted by Gasteiger charge is -2.34. The number of halogens is 3. The molecule has 0 bridgehead atoms. The minimum absolute atomic E-state index is 0.0678. The van der Waals surface area contributed by atoms with Gasteiger partial charge in [0.25, 0.3) is 5.91 Å². The first-order chi connectivity index (χ1) is 15.3. The molecule has 2 aromatic rings. The standard InChI is InChI=1S/C23H26F3N3O3/c1-31-18-8-10-29(11-9-18)20-6-5-17(12-19(20)23(24,25)26)28-22(30)16-4-7-21(27-13-16)32-14-15-2-3-15/h4-7,12-13,15,18H,2-3,8-11,14H2,1H3,(H,28,30). The van der Waals surface area contributed by atoms with Crippen LogP contribution in [0.15, 0.2) is 36.5 Å². The molecule has 1 N–H and O–H groups in total. The second-order valence-electron chi connectivity index (χ2n) is 8.25. The number of methoxy groups -OCH3 is 1. The summed E-state index contributed by atoms with van der Waals surface area (Å²) in [6, 6.07) is 7.02. The van der Waals surface area contributed by atoms with Crippen LogP contribution in [0.1, 0.15) is 41.6 Å². The van der Waals surface area contributed by atoms with Gasteiger partial charge in [-0.2, -0.15) is 13.2 Å². The number of carbonyl (C=O) groups excluding carboxylic acids is 1.